The summed E-state index contributed by atoms with van der Waals surface area (Å²) in [7, 11) is 0. The number of ketones is 2. The number of carbonyl (C=O) groups is 2. The second-order valence-electron chi connectivity index (χ2n) is 4.64. The summed E-state index contributed by atoms with van der Waals surface area (Å²) in [4.78, 5) is 22.3. The van der Waals surface area contributed by atoms with Crippen molar-refractivity contribution < 1.29 is 9.59 Å². The highest BCUT2D eigenvalue weighted by atomic mass is 16.2. The molecule has 1 atom stereocenters. The molecule has 0 aromatic heterocycles. The predicted octanol–water partition coefficient (Wildman–Crippen LogP) is 3.29. The van der Waals surface area contributed by atoms with Crippen LogP contribution in [0.5, 0.6) is 0 Å². The van der Waals surface area contributed by atoms with Crippen molar-refractivity contribution in [3.05, 3.63) is 0 Å². The van der Waals surface area contributed by atoms with Gasteiger partial charge in [0.15, 0.2) is 0 Å². The minimum absolute atomic E-state index is 0.0728. The summed E-state index contributed by atoms with van der Waals surface area (Å²) < 4.78 is 0. The van der Waals surface area contributed by atoms with Crippen molar-refractivity contribution in [2.45, 2.75) is 64.7 Å². The van der Waals surface area contributed by atoms with Gasteiger partial charge in [-0.15, -0.1) is 0 Å². The smallest absolute Gasteiger partial charge is 0.143 e. The molecule has 1 aliphatic carbocycles. The molecule has 0 aromatic rings. The molecule has 0 aliphatic heterocycles. The van der Waals surface area contributed by atoms with E-state index in [4.69, 9.17) is 0 Å². The van der Waals surface area contributed by atoms with E-state index in [0.29, 0.717) is 6.42 Å². The summed E-state index contributed by atoms with van der Waals surface area (Å²) in [5, 5.41) is 0. The molecule has 2 nitrogen and oxygen atoms in total. The topological polar surface area (TPSA) is 34.1 Å². The fraction of sp³-hybridized carbons (Fsp3) is 0.846. The summed E-state index contributed by atoms with van der Waals surface area (Å²) in [5.41, 5.74) is 0. The van der Waals surface area contributed by atoms with Gasteiger partial charge < -0.3 is 0 Å². The van der Waals surface area contributed by atoms with Crippen molar-refractivity contribution in [1.82, 2.24) is 0 Å². The third kappa shape index (κ3) is 4.59. The summed E-state index contributed by atoms with van der Waals surface area (Å²) in [6.07, 6.45) is 9.20. The fourth-order valence-corrected chi connectivity index (χ4v) is 2.23. The van der Waals surface area contributed by atoms with Gasteiger partial charge in [0.2, 0.25) is 0 Å². The van der Waals surface area contributed by atoms with E-state index >= 15 is 0 Å². The van der Waals surface area contributed by atoms with Crippen molar-refractivity contribution >= 4 is 11.6 Å². The van der Waals surface area contributed by atoms with E-state index in [1.54, 1.807) is 0 Å². The lowest BCUT2D eigenvalue weighted by Crippen LogP contribution is -2.05. The monoisotopic (exact) mass is 210 g/mol. The Balaban J connectivity index is 2.00. The van der Waals surface area contributed by atoms with Crippen LogP contribution in [-0.2, 0) is 9.59 Å². The third-order valence-corrected chi connectivity index (χ3v) is 3.21. The van der Waals surface area contributed by atoms with Gasteiger partial charge in [0.25, 0.3) is 0 Å². The molecule has 1 aliphatic rings. The van der Waals surface area contributed by atoms with E-state index in [0.717, 1.165) is 12.8 Å². The number of rotatable bonds is 7. The molecule has 2 heteroatoms. The molecule has 86 valence electrons. The first-order valence-corrected chi connectivity index (χ1v) is 6.28. The number of unbranched alkanes of at least 4 members (excludes halogenated alkanes) is 5. The van der Waals surface area contributed by atoms with Gasteiger partial charge in [-0.2, -0.15) is 0 Å². The maximum Gasteiger partial charge on any atom is 0.143 e. The van der Waals surface area contributed by atoms with Crippen LogP contribution in [-0.4, -0.2) is 11.6 Å². The third-order valence-electron chi connectivity index (χ3n) is 3.21. The Morgan fingerprint density at radius 1 is 1.07 bits per heavy atom. The molecular weight excluding hydrogens is 188 g/mol. The van der Waals surface area contributed by atoms with E-state index < -0.39 is 0 Å². The van der Waals surface area contributed by atoms with Crippen LogP contribution in [0, 0.1) is 5.92 Å². The number of Topliss-reactive ketones (excluding diaryl/α,β-unsaturated/α-hetero) is 2. The van der Waals surface area contributed by atoms with Crippen LogP contribution in [0.25, 0.3) is 0 Å². The van der Waals surface area contributed by atoms with Crippen LogP contribution in [0.1, 0.15) is 64.7 Å². The summed E-state index contributed by atoms with van der Waals surface area (Å²) in [6.45, 7) is 2.21. The Bertz CT molecular complexity index is 221. The SMILES string of the molecule is CCCCCCCCC1CC(=O)CC1=O. The van der Waals surface area contributed by atoms with E-state index in [2.05, 4.69) is 6.92 Å². The average Bonchev–Trinajstić information content (AvgIpc) is 2.51. The molecule has 0 amide bonds. The second kappa shape index (κ2) is 6.76. The van der Waals surface area contributed by atoms with Gasteiger partial charge in [-0.3, -0.25) is 9.59 Å². The minimum atomic E-state index is 0.0728. The molecule has 0 radical (unpaired) electrons. The molecule has 0 heterocycles. The Morgan fingerprint density at radius 2 is 1.73 bits per heavy atom. The summed E-state index contributed by atoms with van der Waals surface area (Å²) >= 11 is 0. The Labute approximate surface area is 92.4 Å². The molecule has 0 bridgehead atoms. The molecule has 1 unspecified atom stereocenters. The molecule has 1 fully saturated rings. The highest BCUT2D eigenvalue weighted by molar-refractivity contribution is 6.06. The van der Waals surface area contributed by atoms with Crippen LogP contribution in [0.2, 0.25) is 0 Å². The highest BCUT2D eigenvalue weighted by Crippen LogP contribution is 2.24. The maximum atomic E-state index is 11.3. The first kappa shape index (κ1) is 12.4. The highest BCUT2D eigenvalue weighted by Gasteiger charge is 2.29. The van der Waals surface area contributed by atoms with Crippen LogP contribution in [0.15, 0.2) is 0 Å². The minimum Gasteiger partial charge on any atom is -0.299 e. The van der Waals surface area contributed by atoms with Gasteiger partial charge in [0.1, 0.15) is 11.6 Å². The molecule has 15 heavy (non-hydrogen) atoms. The lowest BCUT2D eigenvalue weighted by molar-refractivity contribution is -0.122. The van der Waals surface area contributed by atoms with Gasteiger partial charge in [0.05, 0.1) is 6.42 Å². The summed E-state index contributed by atoms with van der Waals surface area (Å²) in [6, 6.07) is 0. The fourth-order valence-electron chi connectivity index (χ4n) is 2.23. The molecule has 0 spiro atoms. The van der Waals surface area contributed by atoms with Crippen LogP contribution >= 0.6 is 0 Å². The summed E-state index contributed by atoms with van der Waals surface area (Å²) in [5.74, 6) is 0.410. The first-order chi connectivity index (χ1) is 7.24. The van der Waals surface area contributed by atoms with Crippen molar-refractivity contribution in [3.8, 4) is 0 Å². The number of carbonyl (C=O) groups excluding carboxylic acids is 2. The lowest BCUT2D eigenvalue weighted by Gasteiger charge is -2.05. The van der Waals surface area contributed by atoms with Gasteiger partial charge in [-0.25, -0.2) is 0 Å². The molecule has 0 aromatic carbocycles. The normalized spacial score (nSPS) is 21.3. The largest absolute Gasteiger partial charge is 0.299 e. The molecule has 0 N–H and O–H groups in total. The Hall–Kier alpha value is -0.660. The zero-order valence-corrected chi connectivity index (χ0v) is 9.76. The van der Waals surface area contributed by atoms with Gasteiger partial charge in [0, 0.05) is 12.3 Å². The van der Waals surface area contributed by atoms with E-state index in [1.165, 1.54) is 32.1 Å². The standard InChI is InChI=1S/C13H22O2/c1-2-3-4-5-6-7-8-11-9-12(14)10-13(11)15/h11H,2-10H2,1H3. The van der Waals surface area contributed by atoms with Crippen molar-refractivity contribution in [1.29, 1.82) is 0 Å². The van der Waals surface area contributed by atoms with Crippen molar-refractivity contribution in [3.63, 3.8) is 0 Å². The van der Waals surface area contributed by atoms with E-state index in [-0.39, 0.29) is 23.9 Å². The Morgan fingerprint density at radius 3 is 2.33 bits per heavy atom. The zero-order chi connectivity index (χ0) is 11.1. The molecule has 1 rings (SSSR count). The second-order valence-corrected chi connectivity index (χ2v) is 4.64. The zero-order valence-electron chi connectivity index (χ0n) is 9.76. The molecular formula is C13H22O2. The predicted molar refractivity (Wildman–Crippen MR) is 60.7 cm³/mol. The first-order valence-electron chi connectivity index (χ1n) is 6.28. The number of hydrogen-bond donors (Lipinski definition) is 0. The molecule has 1 saturated carbocycles. The van der Waals surface area contributed by atoms with Crippen molar-refractivity contribution in [2.75, 3.05) is 0 Å². The van der Waals surface area contributed by atoms with Gasteiger partial charge >= 0.3 is 0 Å². The van der Waals surface area contributed by atoms with Gasteiger partial charge in [-0.1, -0.05) is 45.4 Å². The van der Waals surface area contributed by atoms with Crippen molar-refractivity contribution in [2.24, 2.45) is 5.92 Å². The quantitative estimate of drug-likeness (QED) is 0.477. The average molecular weight is 210 g/mol. The lowest BCUT2D eigenvalue weighted by atomic mass is 9.98. The number of hydrogen-bond acceptors (Lipinski definition) is 2. The van der Waals surface area contributed by atoms with E-state index in [1.807, 2.05) is 0 Å². The Kier molecular flexibility index (Phi) is 5.59. The maximum absolute atomic E-state index is 11.3. The van der Waals surface area contributed by atoms with Gasteiger partial charge in [-0.05, 0) is 6.42 Å². The molecule has 0 saturated heterocycles. The van der Waals surface area contributed by atoms with Crippen LogP contribution in [0.3, 0.4) is 0 Å². The van der Waals surface area contributed by atoms with Crippen LogP contribution in [0.4, 0.5) is 0 Å². The van der Waals surface area contributed by atoms with Crippen LogP contribution < -0.4 is 0 Å². The van der Waals surface area contributed by atoms with E-state index in [9.17, 15) is 9.59 Å².